The number of H-pyrrole nitrogens is 1. The Labute approximate surface area is 118 Å². The molecule has 0 fully saturated rings. The predicted octanol–water partition coefficient (Wildman–Crippen LogP) is 4.05. The van der Waals surface area contributed by atoms with Gasteiger partial charge < -0.3 is 9.55 Å². The van der Waals surface area contributed by atoms with E-state index in [0.29, 0.717) is 9.79 Å². The lowest BCUT2D eigenvalue weighted by Crippen LogP contribution is -2.00. The molecule has 1 N–H and O–H groups in total. The number of nitrogens with zero attached hydrogens (tertiary/aromatic N) is 2. The van der Waals surface area contributed by atoms with E-state index >= 15 is 0 Å². The van der Waals surface area contributed by atoms with Gasteiger partial charge in [0.2, 0.25) is 0 Å². The third-order valence-corrected chi connectivity index (χ3v) is 4.27. The standard InChI is InChI=1S/C12H10ClN3S2/c13-8-2-1-3-9-11(8)15-12(17)16(9)6-4-10-14-5-7-18-10/h1-3,5,7H,4,6H2,(H,15,17). The van der Waals surface area contributed by atoms with Crippen LogP contribution >= 0.6 is 35.2 Å². The van der Waals surface area contributed by atoms with Crippen molar-refractivity contribution in [2.24, 2.45) is 0 Å². The van der Waals surface area contributed by atoms with E-state index in [0.717, 1.165) is 29.0 Å². The molecule has 92 valence electrons. The Hall–Kier alpha value is -1.17. The molecular formula is C12H10ClN3S2. The number of benzene rings is 1. The summed E-state index contributed by atoms with van der Waals surface area (Å²) in [6, 6.07) is 5.82. The van der Waals surface area contributed by atoms with E-state index in [-0.39, 0.29) is 0 Å². The van der Waals surface area contributed by atoms with E-state index in [1.54, 1.807) is 11.3 Å². The number of fused-ring (bicyclic) bond motifs is 1. The van der Waals surface area contributed by atoms with Crippen LogP contribution in [0.25, 0.3) is 11.0 Å². The van der Waals surface area contributed by atoms with Gasteiger partial charge in [-0.1, -0.05) is 17.7 Å². The van der Waals surface area contributed by atoms with Gasteiger partial charge in [0.15, 0.2) is 4.77 Å². The van der Waals surface area contributed by atoms with Crippen molar-refractivity contribution in [1.29, 1.82) is 0 Å². The highest BCUT2D eigenvalue weighted by molar-refractivity contribution is 7.71. The molecule has 0 aliphatic heterocycles. The lowest BCUT2D eigenvalue weighted by Gasteiger charge is -2.02. The molecule has 3 rings (SSSR count). The molecule has 0 amide bonds. The van der Waals surface area contributed by atoms with E-state index < -0.39 is 0 Å². The average molecular weight is 296 g/mol. The molecule has 0 bridgehead atoms. The Kier molecular flexibility index (Phi) is 3.20. The monoisotopic (exact) mass is 295 g/mol. The van der Waals surface area contributed by atoms with Crippen LogP contribution in [-0.2, 0) is 13.0 Å². The lowest BCUT2D eigenvalue weighted by molar-refractivity contribution is 0.703. The quantitative estimate of drug-likeness (QED) is 0.740. The summed E-state index contributed by atoms with van der Waals surface area (Å²) >= 11 is 13.1. The van der Waals surface area contributed by atoms with Gasteiger partial charge in [-0.15, -0.1) is 11.3 Å². The van der Waals surface area contributed by atoms with Crippen LogP contribution in [0.1, 0.15) is 5.01 Å². The molecule has 6 heteroatoms. The Morgan fingerprint density at radius 1 is 1.44 bits per heavy atom. The van der Waals surface area contributed by atoms with Crippen molar-refractivity contribution >= 4 is 46.2 Å². The number of aromatic nitrogens is 3. The van der Waals surface area contributed by atoms with Crippen LogP contribution < -0.4 is 0 Å². The van der Waals surface area contributed by atoms with Crippen molar-refractivity contribution in [3.63, 3.8) is 0 Å². The number of thiazole rings is 1. The lowest BCUT2D eigenvalue weighted by atomic mass is 10.3. The molecule has 3 aromatic rings. The second-order valence-corrected chi connectivity index (χ2v) is 5.66. The van der Waals surface area contributed by atoms with E-state index in [9.17, 15) is 0 Å². The molecule has 0 aliphatic rings. The zero-order valence-corrected chi connectivity index (χ0v) is 11.8. The maximum atomic E-state index is 6.14. The molecule has 0 atom stereocenters. The fourth-order valence-electron chi connectivity index (χ4n) is 1.95. The minimum absolute atomic E-state index is 0.701. The highest BCUT2D eigenvalue weighted by atomic mass is 35.5. The minimum atomic E-state index is 0.701. The fraction of sp³-hybridized carbons (Fsp3) is 0.167. The molecule has 0 saturated carbocycles. The molecule has 2 aromatic heterocycles. The number of imidazole rings is 1. The van der Waals surface area contributed by atoms with Crippen LogP contribution in [0, 0.1) is 4.77 Å². The first kappa shape index (κ1) is 11.9. The molecule has 18 heavy (non-hydrogen) atoms. The van der Waals surface area contributed by atoms with E-state index in [1.807, 2.05) is 29.8 Å². The van der Waals surface area contributed by atoms with Crippen LogP contribution in [0.5, 0.6) is 0 Å². The smallest absolute Gasteiger partial charge is 0.178 e. The molecule has 0 saturated heterocycles. The predicted molar refractivity (Wildman–Crippen MR) is 78.0 cm³/mol. The Morgan fingerprint density at radius 3 is 3.11 bits per heavy atom. The first-order valence-electron chi connectivity index (χ1n) is 5.51. The van der Waals surface area contributed by atoms with Crippen LogP contribution in [-0.4, -0.2) is 14.5 Å². The van der Waals surface area contributed by atoms with Crippen molar-refractivity contribution < 1.29 is 0 Å². The zero-order valence-electron chi connectivity index (χ0n) is 9.39. The maximum Gasteiger partial charge on any atom is 0.178 e. The Balaban J connectivity index is 1.99. The number of para-hydroxylation sites is 1. The van der Waals surface area contributed by atoms with Crippen LogP contribution in [0.4, 0.5) is 0 Å². The summed E-state index contributed by atoms with van der Waals surface area (Å²) < 4.78 is 2.77. The third kappa shape index (κ3) is 2.09. The van der Waals surface area contributed by atoms with Crippen LogP contribution in [0.2, 0.25) is 5.02 Å². The van der Waals surface area contributed by atoms with Gasteiger partial charge in [0.25, 0.3) is 0 Å². The number of hydrogen-bond acceptors (Lipinski definition) is 3. The summed E-state index contributed by atoms with van der Waals surface area (Å²) in [6.45, 7) is 0.812. The molecular weight excluding hydrogens is 286 g/mol. The van der Waals surface area contributed by atoms with E-state index in [2.05, 4.69) is 14.5 Å². The fourth-order valence-corrected chi connectivity index (χ4v) is 3.07. The maximum absolute atomic E-state index is 6.14. The summed E-state index contributed by atoms with van der Waals surface area (Å²) in [5.41, 5.74) is 1.95. The van der Waals surface area contributed by atoms with Gasteiger partial charge in [-0.05, 0) is 24.4 Å². The van der Waals surface area contributed by atoms with Crippen molar-refractivity contribution in [2.75, 3.05) is 0 Å². The molecule has 0 spiro atoms. The highest BCUT2D eigenvalue weighted by Crippen LogP contribution is 2.22. The first-order chi connectivity index (χ1) is 8.75. The summed E-state index contributed by atoms with van der Waals surface area (Å²) in [4.78, 5) is 7.43. The molecule has 2 heterocycles. The van der Waals surface area contributed by atoms with E-state index in [4.69, 9.17) is 23.8 Å². The van der Waals surface area contributed by atoms with Crippen LogP contribution in [0.3, 0.4) is 0 Å². The first-order valence-corrected chi connectivity index (χ1v) is 7.17. The van der Waals surface area contributed by atoms with Gasteiger partial charge in [0.1, 0.15) is 0 Å². The summed E-state index contributed by atoms with van der Waals surface area (Å²) in [6.07, 6.45) is 2.71. The SMILES string of the molecule is S=c1[nH]c2c(Cl)cccc2n1CCc1nccs1. The number of halogens is 1. The van der Waals surface area contributed by atoms with Crippen molar-refractivity contribution in [3.05, 3.63) is 44.6 Å². The van der Waals surface area contributed by atoms with Gasteiger partial charge in [-0.3, -0.25) is 0 Å². The molecule has 1 aromatic carbocycles. The summed E-state index contributed by atoms with van der Waals surface area (Å²) in [5, 5.41) is 3.81. The molecule has 0 aliphatic carbocycles. The number of aromatic amines is 1. The minimum Gasteiger partial charge on any atom is -0.329 e. The molecule has 0 radical (unpaired) electrons. The van der Waals surface area contributed by atoms with Gasteiger partial charge in [0.05, 0.1) is 21.1 Å². The van der Waals surface area contributed by atoms with E-state index in [1.165, 1.54) is 0 Å². The number of rotatable bonds is 3. The largest absolute Gasteiger partial charge is 0.329 e. The molecule has 3 nitrogen and oxygen atoms in total. The molecule has 0 unspecified atom stereocenters. The summed E-state index contributed by atoms with van der Waals surface area (Å²) in [5.74, 6) is 0. The zero-order chi connectivity index (χ0) is 12.5. The van der Waals surface area contributed by atoms with Gasteiger partial charge in [0, 0.05) is 24.5 Å². The second kappa shape index (κ2) is 4.84. The van der Waals surface area contributed by atoms with Gasteiger partial charge >= 0.3 is 0 Å². The number of hydrogen-bond donors (Lipinski definition) is 1. The van der Waals surface area contributed by atoms with Crippen molar-refractivity contribution in [2.45, 2.75) is 13.0 Å². The van der Waals surface area contributed by atoms with Gasteiger partial charge in [-0.25, -0.2) is 4.98 Å². The number of aryl methyl sites for hydroxylation is 2. The Bertz CT molecular complexity index is 727. The third-order valence-electron chi connectivity index (χ3n) is 2.79. The number of nitrogens with one attached hydrogen (secondary N) is 1. The Morgan fingerprint density at radius 2 is 2.33 bits per heavy atom. The highest BCUT2D eigenvalue weighted by Gasteiger charge is 2.07. The van der Waals surface area contributed by atoms with Crippen LogP contribution in [0.15, 0.2) is 29.8 Å². The normalized spacial score (nSPS) is 11.2. The average Bonchev–Trinajstić information content (AvgIpc) is 2.95. The topological polar surface area (TPSA) is 33.6 Å². The van der Waals surface area contributed by atoms with Gasteiger partial charge in [-0.2, -0.15) is 0 Å². The van der Waals surface area contributed by atoms with Crippen molar-refractivity contribution in [3.8, 4) is 0 Å². The van der Waals surface area contributed by atoms with Crippen molar-refractivity contribution in [1.82, 2.24) is 14.5 Å². The summed E-state index contributed by atoms with van der Waals surface area (Å²) in [7, 11) is 0. The second-order valence-electron chi connectivity index (χ2n) is 3.89.